The zero-order chi connectivity index (χ0) is 13.8. The molecule has 1 unspecified atom stereocenters. The summed E-state index contributed by atoms with van der Waals surface area (Å²) in [4.78, 5) is 0.813. The van der Waals surface area contributed by atoms with E-state index < -0.39 is 6.10 Å². The topological polar surface area (TPSA) is 52.5 Å². The van der Waals surface area contributed by atoms with E-state index in [0.717, 1.165) is 4.88 Å². The number of halogens is 2. The van der Waals surface area contributed by atoms with Crippen LogP contribution in [0.25, 0.3) is 0 Å². The van der Waals surface area contributed by atoms with Gasteiger partial charge in [-0.3, -0.25) is 0 Å². The van der Waals surface area contributed by atoms with E-state index in [2.05, 4.69) is 5.32 Å². The van der Waals surface area contributed by atoms with Crippen LogP contribution in [0.5, 0.6) is 5.75 Å². The van der Waals surface area contributed by atoms with Crippen molar-refractivity contribution in [3.63, 3.8) is 0 Å². The van der Waals surface area contributed by atoms with Crippen molar-refractivity contribution in [2.75, 3.05) is 6.54 Å². The lowest BCUT2D eigenvalue weighted by Gasteiger charge is -2.11. The SMILES string of the molecule is Oc1ccc(Cl)cc1CNCC(O)c1ccc(Cl)s1. The van der Waals surface area contributed by atoms with Crippen molar-refractivity contribution in [1.82, 2.24) is 5.32 Å². The summed E-state index contributed by atoms with van der Waals surface area (Å²) in [5, 5.41) is 23.2. The van der Waals surface area contributed by atoms with Crippen molar-refractivity contribution in [1.29, 1.82) is 0 Å². The molecule has 0 aliphatic rings. The highest BCUT2D eigenvalue weighted by molar-refractivity contribution is 7.16. The number of hydrogen-bond acceptors (Lipinski definition) is 4. The number of rotatable bonds is 5. The number of aliphatic hydroxyl groups excluding tert-OH is 1. The van der Waals surface area contributed by atoms with Crippen LogP contribution in [0.2, 0.25) is 9.36 Å². The lowest BCUT2D eigenvalue weighted by atomic mass is 10.2. The first-order valence-electron chi connectivity index (χ1n) is 5.67. The van der Waals surface area contributed by atoms with Gasteiger partial charge in [0.05, 0.1) is 4.34 Å². The van der Waals surface area contributed by atoms with Gasteiger partial charge in [0, 0.05) is 28.6 Å². The minimum absolute atomic E-state index is 0.186. The summed E-state index contributed by atoms with van der Waals surface area (Å²) in [6.07, 6.45) is -0.612. The molecule has 0 aliphatic heterocycles. The Kier molecular flexibility index (Phi) is 5.07. The first-order valence-corrected chi connectivity index (χ1v) is 7.25. The van der Waals surface area contributed by atoms with Gasteiger partial charge in [0.15, 0.2) is 0 Å². The molecule has 102 valence electrons. The predicted octanol–water partition coefficient (Wildman–Crippen LogP) is 3.58. The Morgan fingerprint density at radius 3 is 2.68 bits per heavy atom. The third kappa shape index (κ3) is 4.09. The van der Waals surface area contributed by atoms with Crippen molar-refractivity contribution in [2.45, 2.75) is 12.6 Å². The second kappa shape index (κ2) is 6.59. The Labute approximate surface area is 125 Å². The molecule has 0 spiro atoms. The third-order valence-corrected chi connectivity index (χ3v) is 4.18. The fourth-order valence-electron chi connectivity index (χ4n) is 1.65. The van der Waals surface area contributed by atoms with Crippen LogP contribution in [0.3, 0.4) is 0 Å². The highest BCUT2D eigenvalue weighted by Crippen LogP contribution is 2.26. The average Bonchev–Trinajstić information content (AvgIpc) is 2.80. The van der Waals surface area contributed by atoms with E-state index in [1.807, 2.05) is 0 Å². The molecule has 0 saturated carbocycles. The molecule has 0 saturated heterocycles. The van der Waals surface area contributed by atoms with Gasteiger partial charge in [-0.05, 0) is 30.3 Å². The minimum atomic E-state index is -0.612. The van der Waals surface area contributed by atoms with Crippen LogP contribution in [-0.4, -0.2) is 16.8 Å². The van der Waals surface area contributed by atoms with Gasteiger partial charge < -0.3 is 15.5 Å². The molecular formula is C13H13Cl2NO2S. The molecule has 2 rings (SSSR count). The zero-order valence-corrected chi connectivity index (χ0v) is 12.3. The van der Waals surface area contributed by atoms with Crippen LogP contribution in [0.4, 0.5) is 0 Å². The van der Waals surface area contributed by atoms with Crippen LogP contribution < -0.4 is 5.32 Å². The molecule has 1 atom stereocenters. The third-order valence-electron chi connectivity index (χ3n) is 2.62. The molecule has 1 aromatic heterocycles. The minimum Gasteiger partial charge on any atom is -0.508 e. The van der Waals surface area contributed by atoms with Crippen molar-refractivity contribution >= 4 is 34.5 Å². The molecule has 1 heterocycles. The van der Waals surface area contributed by atoms with E-state index in [0.29, 0.717) is 28.0 Å². The molecule has 0 aliphatic carbocycles. The van der Waals surface area contributed by atoms with Gasteiger partial charge in [-0.2, -0.15) is 0 Å². The normalized spacial score (nSPS) is 12.6. The molecule has 19 heavy (non-hydrogen) atoms. The molecule has 3 N–H and O–H groups in total. The summed E-state index contributed by atoms with van der Waals surface area (Å²) in [6, 6.07) is 8.43. The fraction of sp³-hybridized carbons (Fsp3) is 0.231. The largest absolute Gasteiger partial charge is 0.508 e. The lowest BCUT2D eigenvalue weighted by Crippen LogP contribution is -2.20. The van der Waals surface area contributed by atoms with Crippen LogP contribution in [-0.2, 0) is 6.54 Å². The maximum Gasteiger partial charge on any atom is 0.120 e. The standard InChI is InChI=1S/C13H13Cl2NO2S/c14-9-1-2-10(17)8(5-9)6-16-7-11(18)12-3-4-13(15)19-12/h1-5,11,16-18H,6-7H2. The molecule has 0 bridgehead atoms. The van der Waals surface area contributed by atoms with E-state index in [4.69, 9.17) is 23.2 Å². The predicted molar refractivity (Wildman–Crippen MR) is 79.1 cm³/mol. The Balaban J connectivity index is 1.88. The van der Waals surface area contributed by atoms with Crippen molar-refractivity contribution in [2.24, 2.45) is 0 Å². The number of phenolic OH excluding ortho intramolecular Hbond substituents is 1. The van der Waals surface area contributed by atoms with Crippen LogP contribution in [0.15, 0.2) is 30.3 Å². The summed E-state index contributed by atoms with van der Waals surface area (Å²) in [5.41, 5.74) is 0.698. The van der Waals surface area contributed by atoms with Gasteiger partial charge in [0.1, 0.15) is 11.9 Å². The molecule has 2 aromatic rings. The zero-order valence-electron chi connectivity index (χ0n) is 9.94. The number of nitrogens with one attached hydrogen (secondary N) is 1. The second-order valence-electron chi connectivity index (χ2n) is 4.06. The van der Waals surface area contributed by atoms with Crippen molar-refractivity contribution < 1.29 is 10.2 Å². The summed E-state index contributed by atoms with van der Waals surface area (Å²) in [6.45, 7) is 0.811. The maximum absolute atomic E-state index is 9.94. The number of hydrogen-bond donors (Lipinski definition) is 3. The molecule has 1 aromatic carbocycles. The maximum atomic E-state index is 9.94. The quantitative estimate of drug-likeness (QED) is 0.790. The molecule has 0 radical (unpaired) electrons. The molecular weight excluding hydrogens is 305 g/mol. The summed E-state index contributed by atoms with van der Waals surface area (Å²) >= 11 is 13.0. The van der Waals surface area contributed by atoms with E-state index in [1.54, 1.807) is 30.3 Å². The monoisotopic (exact) mass is 317 g/mol. The Hall–Kier alpha value is -0.780. The van der Waals surface area contributed by atoms with Gasteiger partial charge in [-0.25, -0.2) is 0 Å². The van der Waals surface area contributed by atoms with E-state index in [9.17, 15) is 10.2 Å². The first kappa shape index (κ1) is 14.6. The summed E-state index contributed by atoms with van der Waals surface area (Å²) in [7, 11) is 0. The molecule has 6 heteroatoms. The van der Waals surface area contributed by atoms with E-state index in [-0.39, 0.29) is 5.75 Å². The Morgan fingerprint density at radius 2 is 2.00 bits per heavy atom. The van der Waals surface area contributed by atoms with Gasteiger partial charge >= 0.3 is 0 Å². The van der Waals surface area contributed by atoms with E-state index in [1.165, 1.54) is 11.3 Å². The second-order valence-corrected chi connectivity index (χ2v) is 6.24. The number of aromatic hydroxyl groups is 1. The van der Waals surface area contributed by atoms with Gasteiger partial charge in [0.25, 0.3) is 0 Å². The smallest absolute Gasteiger partial charge is 0.120 e. The highest BCUT2D eigenvalue weighted by atomic mass is 35.5. The average molecular weight is 318 g/mol. The summed E-state index contributed by atoms with van der Waals surface area (Å²) < 4.78 is 0.654. The van der Waals surface area contributed by atoms with E-state index >= 15 is 0 Å². The molecule has 0 fully saturated rings. The van der Waals surface area contributed by atoms with Crippen LogP contribution in [0.1, 0.15) is 16.5 Å². The fourth-order valence-corrected chi connectivity index (χ4v) is 2.89. The number of aliphatic hydroxyl groups is 1. The number of thiophene rings is 1. The van der Waals surface area contributed by atoms with Crippen molar-refractivity contribution in [3.05, 3.63) is 50.1 Å². The first-order chi connectivity index (χ1) is 9.06. The van der Waals surface area contributed by atoms with Gasteiger partial charge in [-0.15, -0.1) is 11.3 Å². The Bertz CT molecular complexity index is 559. The number of benzene rings is 1. The molecule has 3 nitrogen and oxygen atoms in total. The van der Waals surface area contributed by atoms with Crippen LogP contribution in [0, 0.1) is 0 Å². The Morgan fingerprint density at radius 1 is 1.21 bits per heavy atom. The highest BCUT2D eigenvalue weighted by Gasteiger charge is 2.10. The van der Waals surface area contributed by atoms with Gasteiger partial charge in [-0.1, -0.05) is 23.2 Å². The van der Waals surface area contributed by atoms with Crippen molar-refractivity contribution in [3.8, 4) is 5.75 Å². The number of phenols is 1. The van der Waals surface area contributed by atoms with Gasteiger partial charge in [0.2, 0.25) is 0 Å². The van der Waals surface area contributed by atoms with Crippen LogP contribution >= 0.6 is 34.5 Å². The molecule has 0 amide bonds. The lowest BCUT2D eigenvalue weighted by molar-refractivity contribution is 0.178. The summed E-state index contributed by atoms with van der Waals surface area (Å²) in [5.74, 6) is 0.186.